The molecule has 0 aliphatic heterocycles. The molecule has 0 unspecified atom stereocenters. The highest BCUT2D eigenvalue weighted by Crippen LogP contribution is 2.35. The van der Waals surface area contributed by atoms with Gasteiger partial charge in [-0.05, 0) is 24.1 Å². The van der Waals surface area contributed by atoms with Gasteiger partial charge in [-0.3, -0.25) is 4.79 Å². The lowest BCUT2D eigenvalue weighted by molar-refractivity contribution is 0.0920. The van der Waals surface area contributed by atoms with Gasteiger partial charge < -0.3 is 19.3 Å². The van der Waals surface area contributed by atoms with E-state index in [1.54, 1.807) is 19.2 Å². The van der Waals surface area contributed by atoms with Crippen molar-refractivity contribution in [1.82, 2.24) is 10.5 Å². The van der Waals surface area contributed by atoms with Crippen LogP contribution in [-0.2, 0) is 6.42 Å². The topological polar surface area (TPSA) is 73.6 Å². The first-order valence-electron chi connectivity index (χ1n) is 7.57. The van der Waals surface area contributed by atoms with Gasteiger partial charge in [0.1, 0.15) is 0 Å². The van der Waals surface area contributed by atoms with Crippen molar-refractivity contribution in [2.24, 2.45) is 0 Å². The molecule has 1 amide bonds. The van der Waals surface area contributed by atoms with Crippen molar-refractivity contribution in [1.29, 1.82) is 0 Å². The number of carbonyl (C=O) groups excluding carboxylic acids is 1. The molecule has 3 aromatic rings. The quantitative estimate of drug-likeness (QED) is 0.753. The van der Waals surface area contributed by atoms with Crippen molar-refractivity contribution in [3.63, 3.8) is 0 Å². The average Bonchev–Trinajstić information content (AvgIpc) is 3.05. The molecule has 0 aliphatic rings. The minimum absolute atomic E-state index is 0.166. The maximum atomic E-state index is 12.3. The summed E-state index contributed by atoms with van der Waals surface area (Å²) in [6, 6.07) is 13.4. The number of aromatic nitrogens is 1. The van der Waals surface area contributed by atoms with Gasteiger partial charge in [-0.2, -0.15) is 0 Å². The van der Waals surface area contributed by atoms with Gasteiger partial charge in [0.25, 0.3) is 5.91 Å². The Hall–Kier alpha value is -3.02. The fourth-order valence-electron chi connectivity index (χ4n) is 2.53. The molecule has 0 aliphatic carbocycles. The first kappa shape index (κ1) is 15.9. The number of methoxy groups -OCH3 is 2. The molecule has 6 heteroatoms. The van der Waals surface area contributed by atoms with E-state index in [2.05, 4.69) is 10.5 Å². The third-order valence-corrected chi connectivity index (χ3v) is 3.74. The number of amides is 1. The maximum Gasteiger partial charge on any atom is 0.290 e. The summed E-state index contributed by atoms with van der Waals surface area (Å²) in [5.74, 6) is 0.844. The standard InChI is InChI=1S/C18H18N2O4/c1-22-14-9-8-13-15(17(14)23-2)20-24-16(13)18(21)19-11-10-12-6-4-3-5-7-12/h3-9H,10-11H2,1-2H3,(H,19,21)/i18+2. The van der Waals surface area contributed by atoms with Crippen LogP contribution in [0.5, 0.6) is 11.5 Å². The summed E-state index contributed by atoms with van der Waals surface area (Å²) in [6.45, 7) is 0.512. The van der Waals surface area contributed by atoms with Crippen LogP contribution in [0.2, 0.25) is 0 Å². The predicted molar refractivity (Wildman–Crippen MR) is 89.6 cm³/mol. The molecule has 1 heterocycles. The van der Waals surface area contributed by atoms with E-state index in [0.717, 1.165) is 12.0 Å². The van der Waals surface area contributed by atoms with E-state index in [0.29, 0.717) is 28.9 Å². The largest absolute Gasteiger partial charge is 0.493 e. The van der Waals surface area contributed by atoms with Crippen LogP contribution in [0.3, 0.4) is 0 Å². The molecule has 124 valence electrons. The molecule has 3 rings (SSSR count). The van der Waals surface area contributed by atoms with Crippen LogP contribution in [-0.4, -0.2) is 31.8 Å². The predicted octanol–water partition coefficient (Wildman–Crippen LogP) is 2.82. The lowest BCUT2D eigenvalue weighted by atomic mass is 10.2. The molecule has 0 radical (unpaired) electrons. The molecule has 1 N–H and O–H groups in total. The van der Waals surface area contributed by atoms with Crippen LogP contribution < -0.4 is 14.8 Å². The van der Waals surface area contributed by atoms with E-state index in [1.165, 1.54) is 7.11 Å². The van der Waals surface area contributed by atoms with Crippen LogP contribution in [0.25, 0.3) is 10.9 Å². The fourth-order valence-corrected chi connectivity index (χ4v) is 2.53. The molecule has 1 aromatic heterocycles. The number of hydrogen-bond acceptors (Lipinski definition) is 5. The Balaban J connectivity index is 1.75. The first-order valence-corrected chi connectivity index (χ1v) is 7.57. The Bertz CT molecular complexity index is 843. The second-order valence-electron chi connectivity index (χ2n) is 5.20. The molecule has 0 atom stereocenters. The zero-order valence-electron chi connectivity index (χ0n) is 13.5. The Morgan fingerprint density at radius 2 is 1.92 bits per heavy atom. The number of benzene rings is 2. The Kier molecular flexibility index (Phi) is 4.65. The summed E-state index contributed by atoms with van der Waals surface area (Å²) in [5.41, 5.74) is 1.62. The average molecular weight is 328 g/mol. The third kappa shape index (κ3) is 3.03. The molecular formula is C18H18N2O4. The van der Waals surface area contributed by atoms with Gasteiger partial charge in [-0.1, -0.05) is 35.5 Å². The van der Waals surface area contributed by atoms with Gasteiger partial charge in [0.05, 0.1) is 19.6 Å². The van der Waals surface area contributed by atoms with Crippen LogP contribution >= 0.6 is 0 Å². The minimum atomic E-state index is -0.305. The van der Waals surface area contributed by atoms with E-state index in [9.17, 15) is 4.79 Å². The van der Waals surface area contributed by atoms with Crippen LogP contribution in [0.1, 0.15) is 16.1 Å². The zero-order valence-corrected chi connectivity index (χ0v) is 13.5. The highest BCUT2D eigenvalue weighted by atomic mass is 16.5. The summed E-state index contributed by atoms with van der Waals surface area (Å²) in [4.78, 5) is 12.3. The van der Waals surface area contributed by atoms with Gasteiger partial charge in [0.15, 0.2) is 17.0 Å². The number of rotatable bonds is 6. The lowest BCUT2D eigenvalue weighted by Gasteiger charge is -2.07. The van der Waals surface area contributed by atoms with Crippen LogP contribution in [0, 0.1) is 0 Å². The van der Waals surface area contributed by atoms with Gasteiger partial charge in [-0.25, -0.2) is 0 Å². The molecule has 24 heavy (non-hydrogen) atoms. The normalized spacial score (nSPS) is 10.6. The van der Waals surface area contributed by atoms with E-state index >= 15 is 0 Å². The van der Waals surface area contributed by atoms with E-state index in [1.807, 2.05) is 30.3 Å². The van der Waals surface area contributed by atoms with Crippen LogP contribution in [0.15, 0.2) is 47.0 Å². The van der Waals surface area contributed by atoms with Gasteiger partial charge >= 0.3 is 0 Å². The van der Waals surface area contributed by atoms with E-state index in [-0.39, 0.29) is 11.7 Å². The van der Waals surface area contributed by atoms with Gasteiger partial charge in [0, 0.05) is 6.54 Å². The molecule has 0 saturated heterocycles. The van der Waals surface area contributed by atoms with E-state index in [4.69, 9.17) is 14.0 Å². The Morgan fingerprint density at radius 3 is 2.62 bits per heavy atom. The lowest BCUT2D eigenvalue weighted by Crippen LogP contribution is -2.25. The van der Waals surface area contributed by atoms with Crippen molar-refractivity contribution in [3.8, 4) is 11.5 Å². The summed E-state index contributed by atoms with van der Waals surface area (Å²) >= 11 is 0. The molecular weight excluding hydrogens is 310 g/mol. The number of nitrogens with one attached hydrogen (secondary N) is 1. The van der Waals surface area contributed by atoms with E-state index < -0.39 is 0 Å². The minimum Gasteiger partial charge on any atom is -0.493 e. The summed E-state index contributed by atoms with van der Waals surface area (Å²) in [6.07, 6.45) is 0.746. The van der Waals surface area contributed by atoms with Crippen molar-refractivity contribution in [2.75, 3.05) is 20.8 Å². The van der Waals surface area contributed by atoms with Crippen LogP contribution in [0.4, 0.5) is 0 Å². The first-order chi connectivity index (χ1) is 11.7. The number of nitrogens with zero attached hydrogens (tertiary/aromatic N) is 1. The molecule has 0 bridgehead atoms. The summed E-state index contributed by atoms with van der Waals surface area (Å²) < 4.78 is 15.7. The zero-order chi connectivity index (χ0) is 16.9. The van der Waals surface area contributed by atoms with Crippen molar-refractivity contribution >= 4 is 16.8 Å². The number of carbonyl (C=O) groups is 1. The summed E-state index contributed by atoms with van der Waals surface area (Å²) in [7, 11) is 3.06. The third-order valence-electron chi connectivity index (χ3n) is 3.74. The Morgan fingerprint density at radius 1 is 1.12 bits per heavy atom. The smallest absolute Gasteiger partial charge is 0.290 e. The number of hydrogen-bond donors (Lipinski definition) is 1. The van der Waals surface area contributed by atoms with Crippen molar-refractivity contribution in [2.45, 2.75) is 6.42 Å². The molecule has 2 aromatic carbocycles. The highest BCUT2D eigenvalue weighted by molar-refractivity contribution is 6.05. The van der Waals surface area contributed by atoms with Crippen molar-refractivity contribution in [3.05, 3.63) is 53.8 Å². The second-order valence-corrected chi connectivity index (χ2v) is 5.20. The van der Waals surface area contributed by atoms with Gasteiger partial charge in [0.2, 0.25) is 5.76 Å². The number of fused-ring (bicyclic) bond motifs is 1. The van der Waals surface area contributed by atoms with Gasteiger partial charge in [-0.15, -0.1) is 0 Å². The second kappa shape index (κ2) is 7.04. The monoisotopic (exact) mass is 328 g/mol. The SMILES string of the molecule is COc1ccc2c([14C](=O)NCCc3ccccc3)onc2c1OC. The Labute approximate surface area is 139 Å². The number of ether oxygens (including phenoxy) is 2. The molecule has 0 spiro atoms. The van der Waals surface area contributed by atoms with Crippen molar-refractivity contribution < 1.29 is 18.8 Å². The highest BCUT2D eigenvalue weighted by Gasteiger charge is 2.21. The molecule has 6 nitrogen and oxygen atoms in total. The maximum absolute atomic E-state index is 12.3. The molecule has 0 saturated carbocycles. The summed E-state index contributed by atoms with van der Waals surface area (Å²) in [5, 5.41) is 7.38. The molecule has 0 fully saturated rings. The fraction of sp³-hybridized carbons (Fsp3) is 0.222.